The first kappa shape index (κ1) is 17.5. The Morgan fingerprint density at radius 1 is 1.39 bits per heavy atom. The molecule has 0 aliphatic carbocycles. The lowest BCUT2D eigenvalue weighted by Gasteiger charge is -2.28. The van der Waals surface area contributed by atoms with Crippen molar-refractivity contribution in [3.63, 3.8) is 0 Å². The Morgan fingerprint density at radius 2 is 2.04 bits per heavy atom. The van der Waals surface area contributed by atoms with Crippen molar-refractivity contribution in [3.8, 4) is 0 Å². The van der Waals surface area contributed by atoms with Crippen LogP contribution in [-0.4, -0.2) is 30.0 Å². The molecule has 1 N–H and O–H groups in total. The summed E-state index contributed by atoms with van der Waals surface area (Å²) in [5.74, 6) is -0.571. The van der Waals surface area contributed by atoms with Crippen LogP contribution in [0.15, 0.2) is 34.8 Å². The molecule has 6 heteroatoms. The number of aliphatic imine (C=N–C) groups is 1. The number of esters is 1. The van der Waals surface area contributed by atoms with Crippen molar-refractivity contribution in [2.24, 2.45) is 10.9 Å². The van der Waals surface area contributed by atoms with Gasteiger partial charge in [0.15, 0.2) is 5.17 Å². The molecule has 23 heavy (non-hydrogen) atoms. The van der Waals surface area contributed by atoms with Crippen LogP contribution in [0.25, 0.3) is 5.70 Å². The monoisotopic (exact) mass is 336 g/mol. The standard InChI is InChI=1S/C17H21FN2O2S/c1-5-22-16(21)13-14(10(2)3)19-17(23-4)20-15(13)11-6-8-12(18)9-7-11/h6-10,14H,5H2,1-4H3,(H,19,20). The molecule has 0 spiro atoms. The minimum Gasteiger partial charge on any atom is -0.463 e. The highest BCUT2D eigenvalue weighted by Crippen LogP contribution is 2.30. The molecule has 1 aliphatic rings. The van der Waals surface area contributed by atoms with Gasteiger partial charge in [0.1, 0.15) is 5.82 Å². The highest BCUT2D eigenvalue weighted by molar-refractivity contribution is 8.13. The summed E-state index contributed by atoms with van der Waals surface area (Å²) >= 11 is 1.47. The van der Waals surface area contributed by atoms with Crippen LogP contribution < -0.4 is 5.32 Å². The van der Waals surface area contributed by atoms with Gasteiger partial charge >= 0.3 is 5.97 Å². The molecule has 124 valence electrons. The van der Waals surface area contributed by atoms with Crippen LogP contribution in [0.1, 0.15) is 26.3 Å². The average Bonchev–Trinajstić information content (AvgIpc) is 2.54. The lowest BCUT2D eigenvalue weighted by atomic mass is 9.91. The Balaban J connectivity index is 2.57. The highest BCUT2D eigenvalue weighted by Gasteiger charge is 2.33. The predicted octanol–water partition coefficient (Wildman–Crippen LogP) is 3.45. The van der Waals surface area contributed by atoms with Crippen LogP contribution in [0, 0.1) is 11.7 Å². The van der Waals surface area contributed by atoms with Gasteiger partial charge in [-0.1, -0.05) is 25.6 Å². The quantitative estimate of drug-likeness (QED) is 0.856. The summed E-state index contributed by atoms with van der Waals surface area (Å²) in [4.78, 5) is 17.1. The van der Waals surface area contributed by atoms with Gasteiger partial charge in [0.05, 0.1) is 23.9 Å². The molecule has 4 nitrogen and oxygen atoms in total. The number of carbonyl (C=O) groups is 1. The van der Waals surface area contributed by atoms with E-state index in [-0.39, 0.29) is 23.7 Å². The van der Waals surface area contributed by atoms with Gasteiger partial charge < -0.3 is 10.1 Å². The van der Waals surface area contributed by atoms with Gasteiger partial charge in [-0.05, 0) is 48.9 Å². The van der Waals surface area contributed by atoms with E-state index in [0.29, 0.717) is 17.9 Å². The van der Waals surface area contributed by atoms with E-state index in [1.807, 2.05) is 20.1 Å². The molecule has 0 aromatic heterocycles. The van der Waals surface area contributed by atoms with Crippen molar-refractivity contribution in [1.82, 2.24) is 5.32 Å². The van der Waals surface area contributed by atoms with Gasteiger partial charge in [-0.25, -0.2) is 9.18 Å². The largest absolute Gasteiger partial charge is 0.463 e. The third kappa shape index (κ3) is 3.93. The second kappa shape index (κ2) is 7.64. The first-order valence-corrected chi connectivity index (χ1v) is 8.76. The van der Waals surface area contributed by atoms with E-state index in [0.717, 1.165) is 10.7 Å². The first-order chi connectivity index (χ1) is 11.0. The Kier molecular flexibility index (Phi) is 5.82. The summed E-state index contributed by atoms with van der Waals surface area (Å²) < 4.78 is 18.4. The zero-order valence-electron chi connectivity index (χ0n) is 13.7. The zero-order chi connectivity index (χ0) is 17.0. The molecule has 0 radical (unpaired) electrons. The zero-order valence-corrected chi connectivity index (χ0v) is 14.5. The van der Waals surface area contributed by atoms with Crippen LogP contribution >= 0.6 is 11.8 Å². The molecular formula is C17H21FN2O2S. The number of hydrogen-bond donors (Lipinski definition) is 1. The van der Waals surface area contributed by atoms with Crippen molar-refractivity contribution in [2.75, 3.05) is 12.9 Å². The molecule has 1 aliphatic heterocycles. The minimum atomic E-state index is -0.387. The van der Waals surface area contributed by atoms with E-state index in [1.54, 1.807) is 19.1 Å². The van der Waals surface area contributed by atoms with E-state index in [2.05, 4.69) is 10.3 Å². The SMILES string of the molecule is CCOC(=O)C1=C(c2ccc(F)cc2)NC(SC)=NC1C(C)C. The predicted molar refractivity (Wildman–Crippen MR) is 92.7 cm³/mol. The Bertz CT molecular complexity index is 638. The number of hydrogen-bond acceptors (Lipinski definition) is 5. The van der Waals surface area contributed by atoms with Crippen LogP contribution in [0.5, 0.6) is 0 Å². The van der Waals surface area contributed by atoms with Gasteiger partial charge in [-0.2, -0.15) is 0 Å². The van der Waals surface area contributed by atoms with Crippen molar-refractivity contribution in [2.45, 2.75) is 26.8 Å². The molecule has 1 heterocycles. The summed E-state index contributed by atoms with van der Waals surface area (Å²) in [5.41, 5.74) is 1.87. The van der Waals surface area contributed by atoms with E-state index in [9.17, 15) is 9.18 Å². The summed E-state index contributed by atoms with van der Waals surface area (Å²) in [6.07, 6.45) is 1.92. The van der Waals surface area contributed by atoms with Gasteiger partial charge in [-0.3, -0.25) is 4.99 Å². The van der Waals surface area contributed by atoms with Crippen molar-refractivity contribution in [1.29, 1.82) is 0 Å². The van der Waals surface area contributed by atoms with E-state index >= 15 is 0 Å². The summed E-state index contributed by atoms with van der Waals surface area (Å²) in [5, 5.41) is 3.91. The van der Waals surface area contributed by atoms with Gasteiger partial charge in [0.2, 0.25) is 0 Å². The minimum absolute atomic E-state index is 0.133. The van der Waals surface area contributed by atoms with Crippen molar-refractivity contribution >= 4 is 28.6 Å². The summed E-state index contributed by atoms with van der Waals surface area (Å²) in [7, 11) is 0. The lowest BCUT2D eigenvalue weighted by Crippen LogP contribution is -2.36. The molecule has 1 unspecified atom stereocenters. The van der Waals surface area contributed by atoms with Crippen LogP contribution in [0.4, 0.5) is 4.39 Å². The number of nitrogens with one attached hydrogen (secondary N) is 1. The Hall–Kier alpha value is -1.82. The molecule has 0 saturated heterocycles. The lowest BCUT2D eigenvalue weighted by molar-refractivity contribution is -0.138. The molecule has 0 fully saturated rings. The molecule has 0 saturated carbocycles. The number of rotatable bonds is 4. The summed E-state index contributed by atoms with van der Waals surface area (Å²) in [6, 6.07) is 5.76. The van der Waals surface area contributed by atoms with Gasteiger partial charge in [0, 0.05) is 0 Å². The average molecular weight is 336 g/mol. The van der Waals surface area contributed by atoms with Gasteiger partial charge in [0.25, 0.3) is 0 Å². The smallest absolute Gasteiger partial charge is 0.338 e. The Labute approximate surface area is 140 Å². The normalized spacial score (nSPS) is 17.8. The molecule has 2 rings (SSSR count). The fourth-order valence-corrected chi connectivity index (χ4v) is 2.83. The molecule has 0 amide bonds. The third-order valence-corrected chi connectivity index (χ3v) is 4.10. The number of benzene rings is 1. The van der Waals surface area contributed by atoms with E-state index in [4.69, 9.17) is 4.74 Å². The highest BCUT2D eigenvalue weighted by atomic mass is 32.2. The maximum atomic E-state index is 13.2. The fraction of sp³-hybridized carbons (Fsp3) is 0.412. The molecule has 1 atom stereocenters. The van der Waals surface area contributed by atoms with Crippen molar-refractivity contribution < 1.29 is 13.9 Å². The third-order valence-electron chi connectivity index (χ3n) is 3.51. The number of thioether (sulfide) groups is 1. The number of amidine groups is 1. The molecule has 1 aromatic rings. The van der Waals surface area contributed by atoms with Crippen LogP contribution in [-0.2, 0) is 9.53 Å². The number of nitrogens with zero attached hydrogens (tertiary/aromatic N) is 1. The number of halogens is 1. The molecule has 1 aromatic carbocycles. The second-order valence-corrected chi connectivity index (χ2v) is 6.26. The topological polar surface area (TPSA) is 50.7 Å². The number of ether oxygens (including phenoxy) is 1. The Morgan fingerprint density at radius 3 is 2.57 bits per heavy atom. The van der Waals surface area contributed by atoms with E-state index in [1.165, 1.54) is 23.9 Å². The first-order valence-electron chi connectivity index (χ1n) is 7.54. The van der Waals surface area contributed by atoms with Crippen LogP contribution in [0.2, 0.25) is 0 Å². The van der Waals surface area contributed by atoms with Gasteiger partial charge in [-0.15, -0.1) is 0 Å². The second-order valence-electron chi connectivity index (χ2n) is 5.47. The fourth-order valence-electron chi connectivity index (χ4n) is 2.41. The molecular weight excluding hydrogens is 315 g/mol. The maximum Gasteiger partial charge on any atom is 0.338 e. The van der Waals surface area contributed by atoms with Crippen molar-refractivity contribution in [3.05, 3.63) is 41.2 Å². The van der Waals surface area contributed by atoms with Crippen LogP contribution in [0.3, 0.4) is 0 Å². The maximum absolute atomic E-state index is 13.2. The summed E-state index contributed by atoms with van der Waals surface area (Å²) in [6.45, 7) is 6.09. The van der Waals surface area contributed by atoms with E-state index < -0.39 is 0 Å². The number of carbonyl (C=O) groups excluding carboxylic acids is 1. The molecule has 0 bridgehead atoms.